The van der Waals surface area contributed by atoms with E-state index < -0.39 is 0 Å². The fourth-order valence-corrected chi connectivity index (χ4v) is 3.19. The van der Waals surface area contributed by atoms with Crippen LogP contribution in [0.2, 0.25) is 0 Å². The van der Waals surface area contributed by atoms with E-state index in [2.05, 4.69) is 94.4 Å². The average Bonchev–Trinajstić information content (AvgIpc) is 2.61. The van der Waals surface area contributed by atoms with E-state index in [1.54, 1.807) is 0 Å². The van der Waals surface area contributed by atoms with E-state index in [-0.39, 0.29) is 0 Å². The Balaban J connectivity index is 2.25. The van der Waals surface area contributed by atoms with Gasteiger partial charge in [-0.1, -0.05) is 87.0 Å². The number of hydrogen-bond acceptors (Lipinski definition) is 0. The zero-order valence-corrected chi connectivity index (χ0v) is 14.8. The monoisotopic (exact) mass is 304 g/mol. The van der Waals surface area contributed by atoms with Crippen LogP contribution in [0.3, 0.4) is 0 Å². The smallest absolute Gasteiger partial charge is 0.00636 e. The molecule has 0 heterocycles. The lowest BCUT2D eigenvalue weighted by atomic mass is 9.87. The van der Waals surface area contributed by atoms with Crippen molar-refractivity contribution in [3.05, 3.63) is 83.4 Å². The van der Waals surface area contributed by atoms with E-state index >= 15 is 0 Å². The lowest BCUT2D eigenvalue weighted by Crippen LogP contribution is -1.98. The lowest BCUT2D eigenvalue weighted by Gasteiger charge is -2.18. The molecule has 2 aromatic carbocycles. The third-order valence-corrected chi connectivity index (χ3v) is 4.53. The van der Waals surface area contributed by atoms with Gasteiger partial charge in [0.2, 0.25) is 0 Å². The maximum atomic E-state index is 2.29. The Kier molecular flexibility index (Phi) is 6.40. The summed E-state index contributed by atoms with van der Waals surface area (Å²) in [6.07, 6.45) is 6.82. The molecule has 0 aliphatic carbocycles. The molecule has 0 amide bonds. The number of benzene rings is 2. The van der Waals surface area contributed by atoms with Crippen LogP contribution in [-0.2, 0) is 0 Å². The van der Waals surface area contributed by atoms with Crippen molar-refractivity contribution in [1.29, 1.82) is 0 Å². The van der Waals surface area contributed by atoms with Gasteiger partial charge in [0.15, 0.2) is 0 Å². The van der Waals surface area contributed by atoms with E-state index in [1.165, 1.54) is 34.3 Å². The summed E-state index contributed by atoms with van der Waals surface area (Å²) in [5, 5.41) is 0. The maximum absolute atomic E-state index is 2.29. The standard InChI is InChI=1S/C23H28/c1-5-11-19(6-2)21-16-14-20(15-17-21)18(4)23(7-3)22-12-9-8-10-13-22/h6-10,12-18H,5,11H2,1-4H3/b19-6?,23-7-. The molecule has 0 aliphatic heterocycles. The molecule has 23 heavy (non-hydrogen) atoms. The van der Waals surface area contributed by atoms with Crippen LogP contribution in [0.4, 0.5) is 0 Å². The van der Waals surface area contributed by atoms with Crippen LogP contribution < -0.4 is 0 Å². The Labute approximate surface area is 141 Å². The molecule has 0 saturated carbocycles. The highest BCUT2D eigenvalue weighted by molar-refractivity contribution is 5.72. The largest absolute Gasteiger partial charge is 0.0838 e. The van der Waals surface area contributed by atoms with Crippen molar-refractivity contribution in [2.45, 2.75) is 46.5 Å². The molecule has 0 radical (unpaired) electrons. The van der Waals surface area contributed by atoms with Crippen LogP contribution >= 0.6 is 0 Å². The van der Waals surface area contributed by atoms with Crippen molar-refractivity contribution in [1.82, 2.24) is 0 Å². The second-order valence-corrected chi connectivity index (χ2v) is 6.02. The van der Waals surface area contributed by atoms with Crippen molar-refractivity contribution in [3.8, 4) is 0 Å². The van der Waals surface area contributed by atoms with Gasteiger partial charge in [0, 0.05) is 5.92 Å². The van der Waals surface area contributed by atoms with Gasteiger partial charge in [-0.3, -0.25) is 0 Å². The van der Waals surface area contributed by atoms with E-state index in [1.807, 2.05) is 0 Å². The predicted molar refractivity (Wildman–Crippen MR) is 104 cm³/mol. The van der Waals surface area contributed by atoms with Crippen molar-refractivity contribution >= 4 is 11.1 Å². The molecule has 1 unspecified atom stereocenters. The first-order valence-corrected chi connectivity index (χ1v) is 8.68. The van der Waals surface area contributed by atoms with Gasteiger partial charge in [0.25, 0.3) is 0 Å². The summed E-state index contributed by atoms with van der Waals surface area (Å²) >= 11 is 0. The van der Waals surface area contributed by atoms with E-state index in [4.69, 9.17) is 0 Å². The summed E-state index contributed by atoms with van der Waals surface area (Å²) < 4.78 is 0. The van der Waals surface area contributed by atoms with Gasteiger partial charge in [-0.25, -0.2) is 0 Å². The Morgan fingerprint density at radius 3 is 2.04 bits per heavy atom. The number of allylic oxidation sites excluding steroid dienone is 4. The first-order valence-electron chi connectivity index (χ1n) is 8.68. The first kappa shape index (κ1) is 17.3. The van der Waals surface area contributed by atoms with Crippen molar-refractivity contribution in [2.24, 2.45) is 0 Å². The fourth-order valence-electron chi connectivity index (χ4n) is 3.19. The highest BCUT2D eigenvalue weighted by atomic mass is 14.2. The molecular formula is C23H28. The molecule has 0 aromatic heterocycles. The highest BCUT2D eigenvalue weighted by Crippen LogP contribution is 2.32. The molecule has 0 fully saturated rings. The molecule has 0 aliphatic rings. The van der Waals surface area contributed by atoms with Gasteiger partial charge in [-0.15, -0.1) is 0 Å². The maximum Gasteiger partial charge on any atom is 0.00636 e. The molecule has 0 N–H and O–H groups in total. The zero-order valence-electron chi connectivity index (χ0n) is 14.8. The molecule has 0 bridgehead atoms. The second-order valence-electron chi connectivity index (χ2n) is 6.02. The Bertz CT molecular complexity index is 657. The van der Waals surface area contributed by atoms with Gasteiger partial charge < -0.3 is 0 Å². The van der Waals surface area contributed by atoms with Gasteiger partial charge in [-0.05, 0) is 48.1 Å². The van der Waals surface area contributed by atoms with Crippen LogP contribution in [0, 0.1) is 0 Å². The quantitative estimate of drug-likeness (QED) is 0.534. The molecule has 120 valence electrons. The fraction of sp³-hybridized carbons (Fsp3) is 0.304. The Hall–Kier alpha value is -2.08. The predicted octanol–water partition coefficient (Wildman–Crippen LogP) is 7.10. The van der Waals surface area contributed by atoms with Crippen LogP contribution in [0.25, 0.3) is 11.1 Å². The molecule has 0 nitrogen and oxygen atoms in total. The summed E-state index contributed by atoms with van der Waals surface area (Å²) in [7, 11) is 0. The second kappa shape index (κ2) is 8.53. The van der Waals surface area contributed by atoms with Crippen molar-refractivity contribution in [3.63, 3.8) is 0 Å². The SMILES string of the molecule is CC=C(CCC)c1ccc(C(C)/C(=C/C)c2ccccc2)cc1. The summed E-state index contributed by atoms with van der Waals surface area (Å²) in [6.45, 7) is 8.79. The van der Waals surface area contributed by atoms with Crippen LogP contribution in [0.5, 0.6) is 0 Å². The third-order valence-electron chi connectivity index (χ3n) is 4.53. The number of hydrogen-bond donors (Lipinski definition) is 0. The molecular weight excluding hydrogens is 276 g/mol. The van der Waals surface area contributed by atoms with E-state index in [0.717, 1.165) is 6.42 Å². The Morgan fingerprint density at radius 2 is 1.52 bits per heavy atom. The minimum Gasteiger partial charge on any atom is -0.0838 e. The summed E-state index contributed by atoms with van der Waals surface area (Å²) in [4.78, 5) is 0. The molecule has 0 heteroatoms. The van der Waals surface area contributed by atoms with Gasteiger partial charge >= 0.3 is 0 Å². The minimum atomic E-state index is 0.400. The van der Waals surface area contributed by atoms with Crippen molar-refractivity contribution in [2.75, 3.05) is 0 Å². The van der Waals surface area contributed by atoms with Gasteiger partial charge in [0.1, 0.15) is 0 Å². The number of rotatable bonds is 6. The highest BCUT2D eigenvalue weighted by Gasteiger charge is 2.12. The van der Waals surface area contributed by atoms with Gasteiger partial charge in [0.05, 0.1) is 0 Å². The first-order chi connectivity index (χ1) is 11.2. The molecule has 0 spiro atoms. The zero-order chi connectivity index (χ0) is 16.7. The van der Waals surface area contributed by atoms with Crippen molar-refractivity contribution < 1.29 is 0 Å². The molecule has 1 atom stereocenters. The normalized spacial score (nSPS) is 13.9. The van der Waals surface area contributed by atoms with E-state index in [9.17, 15) is 0 Å². The average molecular weight is 304 g/mol. The molecule has 2 aromatic rings. The minimum absolute atomic E-state index is 0.400. The van der Waals surface area contributed by atoms with Crippen LogP contribution in [0.1, 0.15) is 63.1 Å². The summed E-state index contributed by atoms with van der Waals surface area (Å²) in [5.41, 5.74) is 6.87. The van der Waals surface area contributed by atoms with Crippen LogP contribution in [0.15, 0.2) is 66.7 Å². The Morgan fingerprint density at radius 1 is 0.870 bits per heavy atom. The summed E-state index contributed by atoms with van der Waals surface area (Å²) in [6, 6.07) is 19.8. The lowest BCUT2D eigenvalue weighted by molar-refractivity contribution is 0.967. The summed E-state index contributed by atoms with van der Waals surface area (Å²) in [5.74, 6) is 0.400. The van der Waals surface area contributed by atoms with Gasteiger partial charge in [-0.2, -0.15) is 0 Å². The molecule has 0 saturated heterocycles. The van der Waals surface area contributed by atoms with Crippen LogP contribution in [-0.4, -0.2) is 0 Å². The molecule has 2 rings (SSSR count). The topological polar surface area (TPSA) is 0 Å². The van der Waals surface area contributed by atoms with E-state index in [0.29, 0.717) is 5.92 Å². The third kappa shape index (κ3) is 4.22.